The molecule has 4 rings (SSSR count). The van der Waals surface area contributed by atoms with Gasteiger partial charge < -0.3 is 15.0 Å². The van der Waals surface area contributed by atoms with E-state index in [1.54, 1.807) is 13.2 Å². The van der Waals surface area contributed by atoms with Gasteiger partial charge in [0.25, 0.3) is 0 Å². The maximum Gasteiger partial charge on any atom is 0.416 e. The van der Waals surface area contributed by atoms with Gasteiger partial charge in [0.15, 0.2) is 0 Å². The van der Waals surface area contributed by atoms with Gasteiger partial charge in [-0.15, -0.1) is 24.8 Å². The summed E-state index contributed by atoms with van der Waals surface area (Å²) < 4.78 is 59.5. The molecular weight excluding hydrogens is 495 g/mol. The van der Waals surface area contributed by atoms with Crippen LogP contribution < -0.4 is 5.32 Å². The van der Waals surface area contributed by atoms with E-state index in [2.05, 4.69) is 17.3 Å². The van der Waals surface area contributed by atoms with Gasteiger partial charge in [0.1, 0.15) is 11.7 Å². The fourth-order valence-electron chi connectivity index (χ4n) is 4.19. The van der Waals surface area contributed by atoms with Gasteiger partial charge in [0, 0.05) is 50.6 Å². The van der Waals surface area contributed by atoms with E-state index in [0.29, 0.717) is 48.2 Å². The Morgan fingerprint density at radius 2 is 1.85 bits per heavy atom. The average molecular weight is 523 g/mol. The second-order valence-corrected chi connectivity index (χ2v) is 8.20. The van der Waals surface area contributed by atoms with Gasteiger partial charge in [-0.2, -0.15) is 13.2 Å². The highest BCUT2D eigenvalue weighted by Crippen LogP contribution is 2.38. The number of benzene rings is 2. The highest BCUT2D eigenvalue weighted by Gasteiger charge is 2.34. The van der Waals surface area contributed by atoms with Crippen molar-refractivity contribution in [2.75, 3.05) is 45.7 Å². The monoisotopic (exact) mass is 522 g/mol. The lowest BCUT2D eigenvalue weighted by Crippen LogP contribution is -2.53. The number of rotatable bonds is 4. The molecule has 1 atom stereocenters. The number of anilines is 2. The predicted molar refractivity (Wildman–Crippen MR) is 131 cm³/mol. The van der Waals surface area contributed by atoms with Crippen LogP contribution in [0.15, 0.2) is 41.4 Å². The number of hydrogen-bond acceptors (Lipinski definition) is 5. The smallest absolute Gasteiger partial charge is 0.385 e. The number of amidine groups is 1. The molecule has 0 unspecified atom stereocenters. The second-order valence-electron chi connectivity index (χ2n) is 8.20. The Bertz CT molecular complexity index is 1020. The quantitative estimate of drug-likeness (QED) is 0.403. The number of aliphatic imine (C=N–C) groups is 1. The predicted octanol–water partition coefficient (Wildman–Crippen LogP) is 5.87. The fourth-order valence-corrected chi connectivity index (χ4v) is 4.19. The van der Waals surface area contributed by atoms with Crippen molar-refractivity contribution in [2.45, 2.75) is 25.1 Å². The first kappa shape index (κ1) is 28.2. The molecule has 0 spiro atoms. The minimum atomic E-state index is -4.48. The molecule has 0 aliphatic carbocycles. The van der Waals surface area contributed by atoms with Crippen molar-refractivity contribution in [3.63, 3.8) is 0 Å². The third-order valence-corrected chi connectivity index (χ3v) is 6.00. The third kappa shape index (κ3) is 6.13. The molecule has 2 heterocycles. The van der Waals surface area contributed by atoms with Crippen molar-refractivity contribution < 1.29 is 22.3 Å². The molecule has 0 aromatic heterocycles. The number of fused-ring (bicyclic) bond motifs is 2. The van der Waals surface area contributed by atoms with E-state index in [1.165, 1.54) is 18.2 Å². The van der Waals surface area contributed by atoms with Gasteiger partial charge >= 0.3 is 6.18 Å². The lowest BCUT2D eigenvalue weighted by Gasteiger charge is -2.41. The standard InChI is InChI=1S/C23H26F4N4O.2ClH/c1-30-9-10-31(14-17(30)4-3-11-32-2)22-18-12-15(23(25,26)27)5-7-19(18)28-21-13-16(24)6-8-20(21)29-22;;/h5-8,12-13,17,28H,3-4,9-11,14H2,1-2H3;2*1H/t17-;;/m0../s1. The van der Waals surface area contributed by atoms with Crippen LogP contribution >= 0.6 is 24.8 Å². The number of hydrogen-bond donors (Lipinski definition) is 1. The number of likely N-dealkylation sites (N-methyl/N-ethyl adjacent to an activating group) is 1. The number of methoxy groups -OCH3 is 1. The minimum absolute atomic E-state index is 0. The molecule has 0 amide bonds. The normalized spacial score (nSPS) is 17.9. The number of nitrogens with zero attached hydrogens (tertiary/aromatic N) is 3. The molecule has 188 valence electrons. The molecule has 1 saturated heterocycles. The highest BCUT2D eigenvalue weighted by atomic mass is 35.5. The third-order valence-electron chi connectivity index (χ3n) is 6.00. The van der Waals surface area contributed by atoms with Crippen molar-refractivity contribution in [2.24, 2.45) is 4.99 Å². The SMILES string of the molecule is COCCC[C@H]1CN(C2=Nc3ccc(F)cc3Nc3ccc(C(F)(F)F)cc32)CCN1C.Cl.Cl. The van der Waals surface area contributed by atoms with Crippen molar-refractivity contribution in [3.8, 4) is 0 Å². The summed E-state index contributed by atoms with van der Waals surface area (Å²) in [6.07, 6.45) is -2.68. The van der Waals surface area contributed by atoms with Gasteiger partial charge in [-0.1, -0.05) is 0 Å². The van der Waals surface area contributed by atoms with Crippen LogP contribution in [0.2, 0.25) is 0 Å². The van der Waals surface area contributed by atoms with E-state index in [0.717, 1.165) is 31.5 Å². The van der Waals surface area contributed by atoms with Crippen LogP contribution in [0.3, 0.4) is 0 Å². The molecule has 11 heteroatoms. The first-order valence-corrected chi connectivity index (χ1v) is 10.6. The van der Waals surface area contributed by atoms with Gasteiger partial charge in [-0.25, -0.2) is 9.38 Å². The summed E-state index contributed by atoms with van der Waals surface area (Å²) in [5.74, 6) is 0.0231. The summed E-state index contributed by atoms with van der Waals surface area (Å²) >= 11 is 0. The highest BCUT2D eigenvalue weighted by molar-refractivity contribution is 6.08. The molecule has 0 bridgehead atoms. The zero-order valence-corrected chi connectivity index (χ0v) is 20.5. The zero-order valence-electron chi connectivity index (χ0n) is 18.9. The van der Waals surface area contributed by atoms with E-state index < -0.39 is 17.6 Å². The minimum Gasteiger partial charge on any atom is -0.385 e. The lowest BCUT2D eigenvalue weighted by atomic mass is 10.0. The van der Waals surface area contributed by atoms with Crippen molar-refractivity contribution in [1.29, 1.82) is 0 Å². The van der Waals surface area contributed by atoms with E-state index in [-0.39, 0.29) is 30.9 Å². The summed E-state index contributed by atoms with van der Waals surface area (Å²) in [5.41, 5.74) is 0.994. The maximum atomic E-state index is 13.9. The topological polar surface area (TPSA) is 40.1 Å². The molecule has 1 fully saturated rings. The molecule has 2 aromatic rings. The van der Waals surface area contributed by atoms with E-state index in [1.807, 2.05) is 4.90 Å². The van der Waals surface area contributed by atoms with Gasteiger partial charge in [-0.3, -0.25) is 4.90 Å². The van der Waals surface area contributed by atoms with Crippen LogP contribution in [-0.4, -0.2) is 62.1 Å². The molecule has 5 nitrogen and oxygen atoms in total. The molecule has 0 radical (unpaired) electrons. The summed E-state index contributed by atoms with van der Waals surface area (Å²) in [4.78, 5) is 9.03. The van der Waals surface area contributed by atoms with Crippen LogP contribution in [0.1, 0.15) is 24.0 Å². The Labute approximate surface area is 209 Å². The number of piperazine rings is 1. The largest absolute Gasteiger partial charge is 0.416 e. The maximum absolute atomic E-state index is 13.9. The van der Waals surface area contributed by atoms with Gasteiger partial charge in [-0.05, 0) is 56.3 Å². The molecule has 2 aromatic carbocycles. The van der Waals surface area contributed by atoms with Crippen LogP contribution in [-0.2, 0) is 10.9 Å². The summed E-state index contributed by atoms with van der Waals surface area (Å²) in [6, 6.07) is 7.92. The van der Waals surface area contributed by atoms with Gasteiger partial charge in [0.05, 0.1) is 16.9 Å². The van der Waals surface area contributed by atoms with Crippen LogP contribution in [0.25, 0.3) is 0 Å². The number of halogens is 6. The summed E-state index contributed by atoms with van der Waals surface area (Å²) in [5, 5.41) is 3.08. The Balaban J connectivity index is 0.00000204. The zero-order chi connectivity index (χ0) is 22.9. The van der Waals surface area contributed by atoms with E-state index in [4.69, 9.17) is 9.73 Å². The molecular formula is C23H28Cl2F4N4O. The second kappa shape index (κ2) is 11.6. The summed E-state index contributed by atoms with van der Waals surface area (Å²) in [7, 11) is 3.72. The Hall–Kier alpha value is -2.07. The van der Waals surface area contributed by atoms with E-state index >= 15 is 0 Å². The van der Waals surface area contributed by atoms with Crippen LogP contribution in [0, 0.1) is 5.82 Å². The Morgan fingerprint density at radius 3 is 2.56 bits per heavy atom. The van der Waals surface area contributed by atoms with Crippen LogP contribution in [0.5, 0.6) is 0 Å². The molecule has 34 heavy (non-hydrogen) atoms. The van der Waals surface area contributed by atoms with Crippen LogP contribution in [0.4, 0.5) is 34.6 Å². The van der Waals surface area contributed by atoms with Gasteiger partial charge in [0.2, 0.25) is 0 Å². The molecule has 2 aliphatic rings. The Morgan fingerprint density at radius 1 is 1.09 bits per heavy atom. The molecule has 0 saturated carbocycles. The first-order chi connectivity index (χ1) is 15.3. The van der Waals surface area contributed by atoms with Crippen molar-refractivity contribution in [3.05, 3.63) is 53.3 Å². The number of ether oxygens (including phenoxy) is 1. The van der Waals surface area contributed by atoms with E-state index in [9.17, 15) is 17.6 Å². The van der Waals surface area contributed by atoms with Crippen molar-refractivity contribution in [1.82, 2.24) is 9.80 Å². The number of nitrogens with one attached hydrogen (secondary N) is 1. The average Bonchev–Trinajstić information content (AvgIpc) is 2.90. The summed E-state index contributed by atoms with van der Waals surface area (Å²) in [6.45, 7) is 2.67. The van der Waals surface area contributed by atoms with Crippen molar-refractivity contribution >= 4 is 47.7 Å². The Kier molecular flexibility index (Phi) is 9.59. The molecule has 1 N–H and O–H groups in total. The lowest BCUT2D eigenvalue weighted by molar-refractivity contribution is -0.137. The molecule has 2 aliphatic heterocycles. The fraction of sp³-hybridized carbons (Fsp3) is 0.435. The number of alkyl halides is 3. The first-order valence-electron chi connectivity index (χ1n) is 10.6.